The summed E-state index contributed by atoms with van der Waals surface area (Å²) in [7, 11) is 0. The summed E-state index contributed by atoms with van der Waals surface area (Å²) in [5.74, 6) is 5.15. The lowest BCUT2D eigenvalue weighted by Crippen LogP contribution is -2.21. The third-order valence-electron chi connectivity index (χ3n) is 1.53. The lowest BCUT2D eigenvalue weighted by Gasteiger charge is -2.10. The van der Waals surface area contributed by atoms with Gasteiger partial charge in [-0.25, -0.2) is 0 Å². The van der Waals surface area contributed by atoms with Gasteiger partial charge in [-0.3, -0.25) is 11.3 Å². The number of ether oxygens (including phenoxy) is 1. The number of nitrogens with two attached hydrogens (primary N) is 1. The average molecular weight is 223 g/mol. The lowest BCUT2D eigenvalue weighted by molar-refractivity contribution is -0.0504. The standard InChI is InChI=1S/C8H9ClF2N2O/c9-6-1-2-7(14-8(10)11)5(3-6)4-13-12/h1-3,8,13H,4,12H2. The van der Waals surface area contributed by atoms with Crippen LogP contribution < -0.4 is 16.0 Å². The molecule has 0 aliphatic carbocycles. The Kier molecular flexibility index (Phi) is 4.06. The van der Waals surface area contributed by atoms with Crippen LogP contribution in [0.15, 0.2) is 18.2 Å². The van der Waals surface area contributed by atoms with Crippen molar-refractivity contribution in [3.05, 3.63) is 28.8 Å². The monoisotopic (exact) mass is 222 g/mol. The Morgan fingerprint density at radius 3 is 2.79 bits per heavy atom. The lowest BCUT2D eigenvalue weighted by atomic mass is 10.2. The summed E-state index contributed by atoms with van der Waals surface area (Å²) in [6.45, 7) is -2.64. The highest BCUT2D eigenvalue weighted by Crippen LogP contribution is 2.24. The van der Waals surface area contributed by atoms with Gasteiger partial charge in [0.15, 0.2) is 0 Å². The van der Waals surface area contributed by atoms with Gasteiger partial charge in [0.05, 0.1) is 0 Å². The van der Waals surface area contributed by atoms with E-state index in [4.69, 9.17) is 17.4 Å². The predicted molar refractivity (Wildman–Crippen MR) is 49.1 cm³/mol. The molecule has 14 heavy (non-hydrogen) atoms. The van der Waals surface area contributed by atoms with Crippen LogP contribution in [0.2, 0.25) is 5.02 Å². The van der Waals surface area contributed by atoms with Crippen molar-refractivity contribution in [1.82, 2.24) is 5.43 Å². The molecule has 0 heterocycles. The number of alkyl halides is 2. The molecule has 3 nitrogen and oxygen atoms in total. The van der Waals surface area contributed by atoms with Gasteiger partial charge in [0.1, 0.15) is 5.75 Å². The van der Waals surface area contributed by atoms with Crippen molar-refractivity contribution < 1.29 is 13.5 Å². The summed E-state index contributed by atoms with van der Waals surface area (Å²) in [5, 5.41) is 0.442. The van der Waals surface area contributed by atoms with Crippen LogP contribution in [0.5, 0.6) is 5.75 Å². The van der Waals surface area contributed by atoms with Crippen LogP contribution in [0.1, 0.15) is 5.56 Å². The number of nitrogens with one attached hydrogen (secondary N) is 1. The molecule has 0 spiro atoms. The van der Waals surface area contributed by atoms with Gasteiger partial charge < -0.3 is 4.74 Å². The van der Waals surface area contributed by atoms with Crippen LogP contribution in [-0.4, -0.2) is 6.61 Å². The molecule has 0 aromatic heterocycles. The van der Waals surface area contributed by atoms with Crippen molar-refractivity contribution in [3.8, 4) is 5.75 Å². The SMILES string of the molecule is NNCc1cc(Cl)ccc1OC(F)F. The summed E-state index contributed by atoms with van der Waals surface area (Å²) < 4.78 is 28.1. The van der Waals surface area contributed by atoms with Crippen LogP contribution >= 0.6 is 11.6 Å². The zero-order chi connectivity index (χ0) is 10.6. The van der Waals surface area contributed by atoms with E-state index in [9.17, 15) is 8.78 Å². The molecule has 0 atom stereocenters. The molecule has 0 bridgehead atoms. The number of benzene rings is 1. The van der Waals surface area contributed by atoms with Crippen LogP contribution in [0.3, 0.4) is 0 Å². The molecule has 0 aliphatic heterocycles. The second-order valence-electron chi connectivity index (χ2n) is 2.51. The molecule has 0 unspecified atom stereocenters. The maximum absolute atomic E-state index is 11.9. The highest BCUT2D eigenvalue weighted by atomic mass is 35.5. The zero-order valence-electron chi connectivity index (χ0n) is 7.14. The van der Waals surface area contributed by atoms with E-state index >= 15 is 0 Å². The molecule has 0 amide bonds. The van der Waals surface area contributed by atoms with Crippen molar-refractivity contribution in [2.24, 2.45) is 5.84 Å². The van der Waals surface area contributed by atoms with Crippen LogP contribution in [0, 0.1) is 0 Å². The molecular formula is C8H9ClF2N2O. The molecular weight excluding hydrogens is 214 g/mol. The van der Waals surface area contributed by atoms with Crippen LogP contribution in [0.25, 0.3) is 0 Å². The summed E-state index contributed by atoms with van der Waals surface area (Å²) in [5.41, 5.74) is 2.83. The van der Waals surface area contributed by atoms with Gasteiger partial charge in [-0.15, -0.1) is 0 Å². The summed E-state index contributed by atoms with van der Waals surface area (Å²) in [6, 6.07) is 4.36. The van der Waals surface area contributed by atoms with Gasteiger partial charge in [-0.05, 0) is 18.2 Å². The fraction of sp³-hybridized carbons (Fsp3) is 0.250. The molecule has 0 saturated carbocycles. The van der Waals surface area contributed by atoms with E-state index in [0.29, 0.717) is 10.6 Å². The quantitative estimate of drug-likeness (QED) is 0.604. The highest BCUT2D eigenvalue weighted by Gasteiger charge is 2.09. The number of hydrogen-bond donors (Lipinski definition) is 2. The van der Waals surface area contributed by atoms with Crippen LogP contribution in [0.4, 0.5) is 8.78 Å². The maximum atomic E-state index is 11.9. The number of hydrogen-bond acceptors (Lipinski definition) is 3. The summed E-state index contributed by atoms with van der Waals surface area (Å²) in [6.07, 6.45) is 0. The minimum atomic E-state index is -2.85. The fourth-order valence-electron chi connectivity index (χ4n) is 1.01. The van der Waals surface area contributed by atoms with E-state index in [0.717, 1.165) is 0 Å². The van der Waals surface area contributed by atoms with Gasteiger partial charge in [-0.1, -0.05) is 11.6 Å². The molecule has 6 heteroatoms. The van der Waals surface area contributed by atoms with Crippen molar-refractivity contribution in [3.63, 3.8) is 0 Å². The topological polar surface area (TPSA) is 47.3 Å². The van der Waals surface area contributed by atoms with Gasteiger partial charge in [0.2, 0.25) is 0 Å². The Morgan fingerprint density at radius 1 is 1.50 bits per heavy atom. The van der Waals surface area contributed by atoms with E-state index in [1.807, 2.05) is 0 Å². The molecule has 78 valence electrons. The second-order valence-corrected chi connectivity index (χ2v) is 2.95. The fourth-order valence-corrected chi connectivity index (χ4v) is 1.20. The van der Waals surface area contributed by atoms with Crippen molar-refractivity contribution in [2.45, 2.75) is 13.2 Å². The minimum absolute atomic E-state index is 0.0716. The molecule has 0 saturated heterocycles. The van der Waals surface area contributed by atoms with Gasteiger partial charge >= 0.3 is 6.61 Å². The molecule has 1 rings (SSSR count). The van der Waals surface area contributed by atoms with Gasteiger partial charge in [-0.2, -0.15) is 8.78 Å². The zero-order valence-corrected chi connectivity index (χ0v) is 7.89. The van der Waals surface area contributed by atoms with Crippen molar-refractivity contribution in [1.29, 1.82) is 0 Å². The third kappa shape index (κ3) is 3.10. The first kappa shape index (κ1) is 11.2. The van der Waals surface area contributed by atoms with Gasteiger partial charge in [0.25, 0.3) is 0 Å². The van der Waals surface area contributed by atoms with E-state index < -0.39 is 6.61 Å². The van der Waals surface area contributed by atoms with Crippen LogP contribution in [-0.2, 0) is 6.54 Å². The number of hydrazine groups is 1. The molecule has 0 fully saturated rings. The predicted octanol–water partition coefficient (Wildman–Crippen LogP) is 1.90. The average Bonchev–Trinajstić information content (AvgIpc) is 2.09. The van der Waals surface area contributed by atoms with E-state index in [-0.39, 0.29) is 12.3 Å². The molecule has 0 radical (unpaired) electrons. The summed E-state index contributed by atoms with van der Waals surface area (Å²) >= 11 is 5.68. The van der Waals surface area contributed by atoms with Crippen molar-refractivity contribution in [2.75, 3.05) is 0 Å². The highest BCUT2D eigenvalue weighted by molar-refractivity contribution is 6.30. The van der Waals surface area contributed by atoms with E-state index in [2.05, 4.69) is 10.2 Å². The Labute approximate surface area is 84.8 Å². The normalized spacial score (nSPS) is 10.6. The first-order valence-corrected chi connectivity index (χ1v) is 4.18. The maximum Gasteiger partial charge on any atom is 0.387 e. The third-order valence-corrected chi connectivity index (χ3v) is 1.77. The first-order chi connectivity index (χ1) is 6.63. The van der Waals surface area contributed by atoms with E-state index in [1.54, 1.807) is 0 Å². The smallest absolute Gasteiger partial charge is 0.387 e. The first-order valence-electron chi connectivity index (χ1n) is 3.80. The van der Waals surface area contributed by atoms with Crippen molar-refractivity contribution >= 4 is 11.6 Å². The molecule has 1 aromatic carbocycles. The number of rotatable bonds is 4. The Balaban J connectivity index is 2.89. The Morgan fingerprint density at radius 2 is 2.21 bits per heavy atom. The molecule has 1 aromatic rings. The largest absolute Gasteiger partial charge is 0.434 e. The summed E-state index contributed by atoms with van der Waals surface area (Å²) in [4.78, 5) is 0. The van der Waals surface area contributed by atoms with E-state index in [1.165, 1.54) is 18.2 Å². The van der Waals surface area contributed by atoms with Gasteiger partial charge in [0, 0.05) is 17.1 Å². The minimum Gasteiger partial charge on any atom is -0.434 e. The Hall–Kier alpha value is -0.910. The molecule has 3 N–H and O–H groups in total. The second kappa shape index (κ2) is 5.09. The number of halogens is 3. The Bertz CT molecular complexity index is 309. The molecule has 0 aliphatic rings.